The van der Waals surface area contributed by atoms with Crippen LogP contribution in [0.1, 0.15) is 32.8 Å². The van der Waals surface area contributed by atoms with Gasteiger partial charge in [-0.25, -0.2) is 9.49 Å². The van der Waals surface area contributed by atoms with Crippen LogP contribution in [-0.2, 0) is 0 Å². The van der Waals surface area contributed by atoms with E-state index in [-0.39, 0.29) is 28.9 Å². The normalized spacial score (nSPS) is 14.8. The van der Waals surface area contributed by atoms with E-state index in [2.05, 4.69) is 10.2 Å². The second kappa shape index (κ2) is 7.47. The number of aryl methyl sites for hydroxylation is 1. The monoisotopic (exact) mass is 358 g/mol. The Hall–Kier alpha value is -3.03. The van der Waals surface area contributed by atoms with Crippen molar-refractivity contribution in [2.45, 2.75) is 13.3 Å². The van der Waals surface area contributed by atoms with Gasteiger partial charge in [0.05, 0.1) is 0 Å². The highest BCUT2D eigenvalue weighted by Gasteiger charge is 2.24. The van der Waals surface area contributed by atoms with E-state index in [0.717, 1.165) is 0 Å². The zero-order valence-corrected chi connectivity index (χ0v) is 14.4. The van der Waals surface area contributed by atoms with Gasteiger partial charge in [0, 0.05) is 37.8 Å². The molecule has 0 atom stereocenters. The van der Waals surface area contributed by atoms with E-state index in [1.807, 2.05) is 0 Å². The van der Waals surface area contributed by atoms with E-state index in [1.54, 1.807) is 16.7 Å². The van der Waals surface area contributed by atoms with Crippen molar-refractivity contribution in [1.29, 1.82) is 0 Å². The molecule has 0 aliphatic carbocycles. The molecule has 1 saturated heterocycles. The van der Waals surface area contributed by atoms with E-state index >= 15 is 0 Å². The molecule has 0 bridgehead atoms. The maximum atomic E-state index is 13.4. The van der Waals surface area contributed by atoms with Gasteiger partial charge in [0.15, 0.2) is 0 Å². The molecule has 1 aliphatic heterocycles. The molecule has 26 heavy (non-hydrogen) atoms. The smallest absolute Gasteiger partial charge is 0.274 e. The number of hydrogen-bond acceptors (Lipinski definition) is 4. The molecule has 0 saturated carbocycles. The highest BCUT2D eigenvalue weighted by atomic mass is 19.1. The van der Waals surface area contributed by atoms with Crippen molar-refractivity contribution in [2.75, 3.05) is 26.2 Å². The van der Waals surface area contributed by atoms with Gasteiger partial charge >= 0.3 is 0 Å². The predicted octanol–water partition coefficient (Wildman–Crippen LogP) is 1.21. The maximum Gasteiger partial charge on any atom is 0.274 e. The maximum absolute atomic E-state index is 13.4. The number of aromatic amines is 1. The third-order valence-corrected chi connectivity index (χ3v) is 4.37. The van der Waals surface area contributed by atoms with Crippen LogP contribution in [0.2, 0.25) is 0 Å². The molecule has 2 aromatic rings. The van der Waals surface area contributed by atoms with Gasteiger partial charge in [-0.3, -0.25) is 14.4 Å². The number of benzene rings is 1. The lowest BCUT2D eigenvalue weighted by Crippen LogP contribution is -2.37. The SMILES string of the molecule is Cc1cc(C(=O)N2CCCN(C(=O)c3ccc(=O)[nH]n3)CC2)ccc1F. The van der Waals surface area contributed by atoms with Crippen LogP contribution in [0.5, 0.6) is 0 Å². The number of H-pyrrole nitrogens is 1. The molecule has 0 unspecified atom stereocenters. The Morgan fingerprint density at radius 1 is 1.04 bits per heavy atom. The lowest BCUT2D eigenvalue weighted by Gasteiger charge is -2.22. The van der Waals surface area contributed by atoms with E-state index in [1.165, 1.54) is 30.3 Å². The molecule has 7 nitrogen and oxygen atoms in total. The first-order chi connectivity index (χ1) is 12.5. The van der Waals surface area contributed by atoms with Gasteiger partial charge in [-0.2, -0.15) is 5.10 Å². The van der Waals surface area contributed by atoms with Crippen molar-refractivity contribution >= 4 is 11.8 Å². The Labute approximate surface area is 149 Å². The molecular weight excluding hydrogens is 339 g/mol. The van der Waals surface area contributed by atoms with Gasteiger partial charge in [0.2, 0.25) is 0 Å². The number of carbonyl (C=O) groups is 2. The van der Waals surface area contributed by atoms with Crippen molar-refractivity contribution in [3.05, 3.63) is 63.3 Å². The lowest BCUT2D eigenvalue weighted by atomic mass is 10.1. The molecule has 2 heterocycles. The number of nitrogens with zero attached hydrogens (tertiary/aromatic N) is 3. The minimum absolute atomic E-state index is 0.165. The quantitative estimate of drug-likeness (QED) is 0.874. The van der Waals surface area contributed by atoms with Gasteiger partial charge in [0.1, 0.15) is 11.5 Å². The first-order valence-electron chi connectivity index (χ1n) is 8.36. The summed E-state index contributed by atoms with van der Waals surface area (Å²) in [6.07, 6.45) is 0.626. The second-order valence-corrected chi connectivity index (χ2v) is 6.21. The van der Waals surface area contributed by atoms with Crippen LogP contribution in [0.25, 0.3) is 0 Å². The Morgan fingerprint density at radius 3 is 2.35 bits per heavy atom. The van der Waals surface area contributed by atoms with Crippen molar-refractivity contribution in [3.63, 3.8) is 0 Å². The standard InChI is InChI=1S/C18H19FN4O3/c1-12-11-13(3-4-14(12)19)17(25)22-7-2-8-23(10-9-22)18(26)15-5-6-16(24)21-20-15/h3-6,11H,2,7-10H2,1H3,(H,21,24). The van der Waals surface area contributed by atoms with Gasteiger partial charge in [-0.15, -0.1) is 0 Å². The lowest BCUT2D eigenvalue weighted by molar-refractivity contribution is 0.0715. The minimum Gasteiger partial charge on any atom is -0.337 e. The largest absolute Gasteiger partial charge is 0.337 e. The third kappa shape index (κ3) is 3.79. The summed E-state index contributed by atoms with van der Waals surface area (Å²) in [7, 11) is 0. The Kier molecular flexibility index (Phi) is 5.11. The van der Waals surface area contributed by atoms with E-state index in [4.69, 9.17) is 0 Å². The summed E-state index contributed by atoms with van der Waals surface area (Å²) in [4.78, 5) is 39.5. The Morgan fingerprint density at radius 2 is 1.73 bits per heavy atom. The summed E-state index contributed by atoms with van der Waals surface area (Å²) in [5.41, 5.74) is 0.653. The van der Waals surface area contributed by atoms with Crippen molar-refractivity contribution in [1.82, 2.24) is 20.0 Å². The average molecular weight is 358 g/mol. The van der Waals surface area contributed by atoms with Crippen LogP contribution in [-0.4, -0.2) is 58.0 Å². The zero-order chi connectivity index (χ0) is 18.7. The fourth-order valence-electron chi connectivity index (χ4n) is 2.91. The van der Waals surface area contributed by atoms with Crippen LogP contribution in [0, 0.1) is 12.7 Å². The van der Waals surface area contributed by atoms with Gasteiger partial charge in [-0.05, 0) is 43.2 Å². The number of aromatic nitrogens is 2. The van der Waals surface area contributed by atoms with Crippen LogP contribution < -0.4 is 5.56 Å². The number of halogens is 1. The molecule has 1 aromatic carbocycles. The molecule has 2 amide bonds. The van der Waals surface area contributed by atoms with Gasteiger partial charge < -0.3 is 9.80 Å². The molecule has 3 rings (SSSR count). The van der Waals surface area contributed by atoms with Crippen molar-refractivity contribution < 1.29 is 14.0 Å². The fourth-order valence-corrected chi connectivity index (χ4v) is 2.91. The highest BCUT2D eigenvalue weighted by Crippen LogP contribution is 2.14. The first kappa shape index (κ1) is 17.8. The molecule has 1 aromatic heterocycles. The van der Waals surface area contributed by atoms with Gasteiger partial charge in [-0.1, -0.05) is 0 Å². The van der Waals surface area contributed by atoms with Crippen LogP contribution in [0.15, 0.2) is 35.1 Å². The molecule has 1 N–H and O–H groups in total. The second-order valence-electron chi connectivity index (χ2n) is 6.21. The molecular formula is C18H19FN4O3. The van der Waals surface area contributed by atoms with Crippen LogP contribution in [0.4, 0.5) is 4.39 Å². The number of rotatable bonds is 2. The predicted molar refractivity (Wildman–Crippen MR) is 92.4 cm³/mol. The molecule has 1 fully saturated rings. The average Bonchev–Trinajstić information content (AvgIpc) is 2.89. The van der Waals surface area contributed by atoms with Crippen LogP contribution in [0.3, 0.4) is 0 Å². The van der Waals surface area contributed by atoms with Crippen molar-refractivity contribution in [2.24, 2.45) is 0 Å². The Bertz CT molecular complexity index is 876. The summed E-state index contributed by atoms with van der Waals surface area (Å²) < 4.78 is 13.4. The first-order valence-corrected chi connectivity index (χ1v) is 8.36. The summed E-state index contributed by atoms with van der Waals surface area (Å²) in [5.74, 6) is -0.805. The van der Waals surface area contributed by atoms with E-state index in [0.29, 0.717) is 43.7 Å². The zero-order valence-electron chi connectivity index (χ0n) is 14.4. The van der Waals surface area contributed by atoms with Gasteiger partial charge in [0.25, 0.3) is 17.4 Å². The van der Waals surface area contributed by atoms with Crippen LogP contribution >= 0.6 is 0 Å². The topological polar surface area (TPSA) is 86.4 Å². The summed E-state index contributed by atoms with van der Waals surface area (Å²) in [6.45, 7) is 3.37. The van der Waals surface area contributed by atoms with E-state index in [9.17, 15) is 18.8 Å². The minimum atomic E-state index is -0.372. The number of carbonyl (C=O) groups excluding carboxylic acids is 2. The molecule has 0 spiro atoms. The number of hydrogen-bond donors (Lipinski definition) is 1. The molecule has 136 valence electrons. The summed E-state index contributed by atoms with van der Waals surface area (Å²) in [5, 5.41) is 6.00. The Balaban J connectivity index is 1.68. The summed E-state index contributed by atoms with van der Waals surface area (Å²) in [6, 6.07) is 6.94. The fraction of sp³-hybridized carbons (Fsp3) is 0.333. The number of amides is 2. The molecule has 1 aliphatic rings. The molecule has 8 heteroatoms. The summed E-state index contributed by atoms with van der Waals surface area (Å²) >= 11 is 0. The number of nitrogens with one attached hydrogen (secondary N) is 1. The third-order valence-electron chi connectivity index (χ3n) is 4.37. The highest BCUT2D eigenvalue weighted by molar-refractivity contribution is 5.95. The van der Waals surface area contributed by atoms with Crippen molar-refractivity contribution in [3.8, 4) is 0 Å². The molecule has 0 radical (unpaired) electrons. The van der Waals surface area contributed by atoms with E-state index < -0.39 is 0 Å².